The molecule has 1 aliphatic heterocycles. The lowest BCUT2D eigenvalue weighted by Crippen LogP contribution is -2.56. The minimum atomic E-state index is -5.73. The molecule has 1 atom stereocenters. The Balaban J connectivity index is 1.52. The van der Waals surface area contributed by atoms with E-state index in [0.717, 1.165) is 25.7 Å². The van der Waals surface area contributed by atoms with Crippen LogP contribution in [-0.4, -0.2) is 58.6 Å². The Kier molecular flexibility index (Phi) is 8.49. The number of rotatable bonds is 8. The monoisotopic (exact) mass is 561 g/mol. The second kappa shape index (κ2) is 11.3. The molecule has 204 valence electrons. The molecule has 2 aliphatic rings. The number of nitrogens with zero attached hydrogens (tertiary/aromatic N) is 4. The van der Waals surface area contributed by atoms with Crippen LogP contribution >= 0.6 is 11.6 Å². The summed E-state index contributed by atoms with van der Waals surface area (Å²) in [5, 5.41) is 4.70. The summed E-state index contributed by atoms with van der Waals surface area (Å²) in [6, 6.07) is 4.62. The maximum Gasteiger partial charge on any atom is 0.511 e. The number of aromatic nitrogens is 3. The Hall–Kier alpha value is -2.18. The first-order chi connectivity index (χ1) is 17.5. The van der Waals surface area contributed by atoms with E-state index in [1.807, 2.05) is 4.68 Å². The van der Waals surface area contributed by atoms with Crippen molar-refractivity contribution in [1.29, 1.82) is 0 Å². The smallest absolute Gasteiger partial charge is 0.341 e. The lowest BCUT2D eigenvalue weighted by atomic mass is 9.63. The predicted octanol–water partition coefficient (Wildman–Crippen LogP) is 4.17. The molecule has 1 amide bonds. The van der Waals surface area contributed by atoms with E-state index in [4.69, 9.17) is 11.6 Å². The molecule has 2 aromatic rings. The molecule has 1 saturated heterocycles. The fraction of sp³-hybridized carbons (Fsp3) is 0.625. The summed E-state index contributed by atoms with van der Waals surface area (Å²) in [6.07, 6.45) is 9.92. The zero-order valence-electron chi connectivity index (χ0n) is 20.3. The van der Waals surface area contributed by atoms with E-state index in [-0.39, 0.29) is 11.8 Å². The standard InChI is InChI=1S/C24H31ClF3N5O3S/c25-20-8-6-18(7-9-20)14-21(31-37(35,36)24(26,27)28)22(34)32-12-10-23(11-13-32,15-33-17-29-16-30-33)19-4-2-1-3-5-19/h6-9,16-17,19,21,31H,1-5,10-15H2/t21-/m0/s1. The number of alkyl halides is 3. The van der Waals surface area contributed by atoms with Gasteiger partial charge in [0, 0.05) is 24.7 Å². The zero-order chi connectivity index (χ0) is 26.7. The quantitative estimate of drug-likeness (QED) is 0.522. The van der Waals surface area contributed by atoms with E-state index in [0.29, 0.717) is 49.0 Å². The second-order valence-corrected chi connectivity index (χ2v) is 12.2. The maximum atomic E-state index is 13.5. The third kappa shape index (κ3) is 6.64. The van der Waals surface area contributed by atoms with E-state index in [2.05, 4.69) is 10.1 Å². The Morgan fingerprint density at radius 1 is 1.14 bits per heavy atom. The normalized spacial score (nSPS) is 20.1. The number of amides is 1. The molecule has 1 N–H and O–H groups in total. The van der Waals surface area contributed by atoms with E-state index in [1.165, 1.54) is 17.6 Å². The summed E-state index contributed by atoms with van der Waals surface area (Å²) in [5.74, 6) is -0.211. The molecule has 1 aromatic heterocycles. The van der Waals surface area contributed by atoms with Gasteiger partial charge in [-0.1, -0.05) is 43.0 Å². The summed E-state index contributed by atoms with van der Waals surface area (Å²) < 4.78 is 66.8. The van der Waals surface area contributed by atoms with Gasteiger partial charge < -0.3 is 4.90 Å². The molecule has 1 aliphatic carbocycles. The summed E-state index contributed by atoms with van der Waals surface area (Å²) in [4.78, 5) is 19.0. The largest absolute Gasteiger partial charge is 0.511 e. The van der Waals surface area contributed by atoms with Gasteiger partial charge in [0.25, 0.3) is 0 Å². The fourth-order valence-corrected chi connectivity index (χ4v) is 6.55. The van der Waals surface area contributed by atoms with Crippen molar-refractivity contribution in [3.05, 3.63) is 47.5 Å². The SMILES string of the molecule is O=C([C@H](Cc1ccc(Cl)cc1)NS(=O)(=O)C(F)(F)F)N1CCC(Cn2cncn2)(C2CCCCC2)CC1. The highest BCUT2D eigenvalue weighted by Gasteiger charge is 2.49. The molecule has 1 aromatic carbocycles. The molecule has 13 heteroatoms. The van der Waals surface area contributed by atoms with Crippen LogP contribution in [0.25, 0.3) is 0 Å². The van der Waals surface area contributed by atoms with Crippen LogP contribution in [0.1, 0.15) is 50.5 Å². The van der Waals surface area contributed by atoms with Gasteiger partial charge >= 0.3 is 15.5 Å². The van der Waals surface area contributed by atoms with Crippen molar-refractivity contribution in [2.45, 2.75) is 69.5 Å². The average Bonchev–Trinajstić information content (AvgIpc) is 3.37. The third-order valence-corrected chi connectivity index (χ3v) is 9.20. The minimum Gasteiger partial charge on any atom is -0.341 e. The van der Waals surface area contributed by atoms with Crippen LogP contribution < -0.4 is 4.72 Å². The molecular formula is C24H31ClF3N5O3S. The van der Waals surface area contributed by atoms with Gasteiger partial charge in [0.15, 0.2) is 0 Å². The van der Waals surface area contributed by atoms with Crippen molar-refractivity contribution in [1.82, 2.24) is 24.4 Å². The van der Waals surface area contributed by atoms with E-state index in [9.17, 15) is 26.4 Å². The van der Waals surface area contributed by atoms with Gasteiger partial charge in [-0.25, -0.2) is 13.4 Å². The molecule has 2 fully saturated rings. The molecule has 0 bridgehead atoms. The van der Waals surface area contributed by atoms with Crippen LogP contribution in [0.2, 0.25) is 5.02 Å². The van der Waals surface area contributed by atoms with Crippen LogP contribution in [0, 0.1) is 11.3 Å². The Morgan fingerprint density at radius 3 is 2.35 bits per heavy atom. The number of hydrogen-bond acceptors (Lipinski definition) is 5. The third-order valence-electron chi connectivity index (χ3n) is 7.74. The van der Waals surface area contributed by atoms with Crippen molar-refractivity contribution < 1.29 is 26.4 Å². The van der Waals surface area contributed by atoms with Crippen LogP contribution in [0.5, 0.6) is 0 Å². The van der Waals surface area contributed by atoms with Gasteiger partial charge in [-0.3, -0.25) is 9.48 Å². The highest BCUT2D eigenvalue weighted by Crippen LogP contribution is 2.47. The number of halogens is 4. The van der Waals surface area contributed by atoms with Gasteiger partial charge in [0.05, 0.1) is 0 Å². The predicted molar refractivity (Wildman–Crippen MR) is 132 cm³/mol. The molecule has 1 saturated carbocycles. The van der Waals surface area contributed by atoms with Crippen LogP contribution in [0.4, 0.5) is 13.2 Å². The number of sulfonamides is 1. The molecule has 37 heavy (non-hydrogen) atoms. The fourth-order valence-electron chi connectivity index (χ4n) is 5.73. The van der Waals surface area contributed by atoms with Crippen molar-refractivity contribution in [3.63, 3.8) is 0 Å². The molecule has 4 rings (SSSR count). The topological polar surface area (TPSA) is 97.2 Å². The second-order valence-electron chi connectivity index (χ2n) is 10.1. The lowest BCUT2D eigenvalue weighted by molar-refractivity contribution is -0.136. The van der Waals surface area contributed by atoms with Gasteiger partial charge in [-0.2, -0.15) is 23.0 Å². The molecule has 0 spiro atoms. The number of carbonyl (C=O) groups excluding carboxylic acids is 1. The van der Waals surface area contributed by atoms with Gasteiger partial charge in [-0.05, 0) is 61.1 Å². The number of nitrogens with one attached hydrogen (secondary N) is 1. The first-order valence-electron chi connectivity index (χ1n) is 12.4. The Morgan fingerprint density at radius 2 is 1.78 bits per heavy atom. The molecule has 8 nitrogen and oxygen atoms in total. The molecule has 0 radical (unpaired) electrons. The van der Waals surface area contributed by atoms with Gasteiger partial charge in [-0.15, -0.1) is 0 Å². The molecule has 2 heterocycles. The number of hydrogen-bond donors (Lipinski definition) is 1. The number of piperidine rings is 1. The first-order valence-corrected chi connectivity index (χ1v) is 14.3. The highest BCUT2D eigenvalue weighted by atomic mass is 35.5. The average molecular weight is 562 g/mol. The van der Waals surface area contributed by atoms with Crippen molar-refractivity contribution in [2.24, 2.45) is 11.3 Å². The number of likely N-dealkylation sites (tertiary alicyclic amines) is 1. The van der Waals surface area contributed by atoms with Crippen LogP contribution in [0.3, 0.4) is 0 Å². The Bertz CT molecular complexity index is 1150. The maximum absolute atomic E-state index is 13.5. The first kappa shape index (κ1) is 27.8. The van der Waals surface area contributed by atoms with E-state index >= 15 is 0 Å². The van der Waals surface area contributed by atoms with Gasteiger partial charge in [0.1, 0.15) is 18.7 Å². The van der Waals surface area contributed by atoms with E-state index < -0.39 is 27.5 Å². The van der Waals surface area contributed by atoms with Crippen molar-refractivity contribution in [3.8, 4) is 0 Å². The van der Waals surface area contributed by atoms with Crippen LogP contribution in [-0.2, 0) is 27.8 Å². The highest BCUT2D eigenvalue weighted by molar-refractivity contribution is 7.90. The zero-order valence-corrected chi connectivity index (χ0v) is 21.9. The number of benzene rings is 1. The summed E-state index contributed by atoms with van der Waals surface area (Å²) in [5.41, 5.74) is -5.14. The summed E-state index contributed by atoms with van der Waals surface area (Å²) in [6.45, 7) is 1.32. The van der Waals surface area contributed by atoms with Crippen LogP contribution in [0.15, 0.2) is 36.9 Å². The lowest BCUT2D eigenvalue weighted by Gasteiger charge is -2.48. The molecule has 0 unspecified atom stereocenters. The Labute approximate surface area is 219 Å². The summed E-state index contributed by atoms with van der Waals surface area (Å²) in [7, 11) is -5.73. The summed E-state index contributed by atoms with van der Waals surface area (Å²) >= 11 is 5.89. The minimum absolute atomic E-state index is 0.109. The van der Waals surface area contributed by atoms with Crippen molar-refractivity contribution in [2.75, 3.05) is 13.1 Å². The molecular weight excluding hydrogens is 531 g/mol. The van der Waals surface area contributed by atoms with Crippen molar-refractivity contribution >= 4 is 27.5 Å². The van der Waals surface area contributed by atoms with E-state index in [1.54, 1.807) is 35.3 Å². The van der Waals surface area contributed by atoms with Gasteiger partial charge in [0.2, 0.25) is 5.91 Å². The number of carbonyl (C=O) groups is 1.